The molecule has 0 aliphatic heterocycles. The summed E-state index contributed by atoms with van der Waals surface area (Å²) in [7, 11) is 0. The van der Waals surface area contributed by atoms with Crippen molar-refractivity contribution in [1.82, 2.24) is 4.98 Å². The van der Waals surface area contributed by atoms with Crippen LogP contribution in [0.1, 0.15) is 11.7 Å². The Morgan fingerprint density at radius 3 is 2.90 bits per heavy atom. The van der Waals surface area contributed by atoms with E-state index in [-0.39, 0.29) is 6.04 Å². The van der Waals surface area contributed by atoms with E-state index in [0.29, 0.717) is 0 Å². The minimum atomic E-state index is -0.374. The molecule has 2 N–H and O–H groups in total. The topological polar surface area (TPSA) is 38.9 Å². The summed E-state index contributed by atoms with van der Waals surface area (Å²) in [5, 5.41) is 0. The fourth-order valence-electron chi connectivity index (χ4n) is 0.645. The highest BCUT2D eigenvalue weighted by molar-refractivity contribution is 5.16. The molecule has 1 aromatic rings. The van der Waals surface area contributed by atoms with Crippen LogP contribution in [0.15, 0.2) is 24.4 Å². The summed E-state index contributed by atoms with van der Waals surface area (Å²) in [4.78, 5) is 3.98. The number of nitrogens with two attached hydrogens (primary N) is 1. The Balaban J connectivity index is 2.88. The second-order valence-corrected chi connectivity index (χ2v) is 1.90. The molecule has 0 saturated carbocycles. The lowest BCUT2D eigenvalue weighted by Crippen LogP contribution is -2.08. The molecule has 50 valence electrons. The van der Waals surface area contributed by atoms with E-state index < -0.39 is 0 Å². The molecule has 0 radical (unpaired) electrons. The van der Waals surface area contributed by atoms with Crippen molar-refractivity contribution in [3.63, 3.8) is 0 Å². The largest absolute Gasteiger partial charge is 0.313 e. The van der Waals surface area contributed by atoms with Crippen LogP contribution >= 0.6 is 0 Å². The van der Waals surface area contributed by atoms with Crippen molar-refractivity contribution in [2.45, 2.75) is 6.04 Å². The molecule has 0 amide bonds. The van der Waals surface area contributed by atoms with Gasteiger partial charge in [0.05, 0.1) is 5.69 Å². The lowest BCUT2D eigenvalue weighted by atomic mass is 10.2. The van der Waals surface area contributed by atoms with E-state index in [0.717, 1.165) is 5.69 Å². The molecule has 2 heteroatoms. The van der Waals surface area contributed by atoms with Gasteiger partial charge in [0.15, 0.2) is 0 Å². The van der Waals surface area contributed by atoms with Gasteiger partial charge in [-0.3, -0.25) is 4.98 Å². The van der Waals surface area contributed by atoms with Crippen molar-refractivity contribution in [3.05, 3.63) is 30.1 Å². The molecule has 1 atom stereocenters. The second-order valence-electron chi connectivity index (χ2n) is 1.90. The highest BCUT2D eigenvalue weighted by Gasteiger charge is 1.99. The number of hydrogen-bond acceptors (Lipinski definition) is 2. The van der Waals surface area contributed by atoms with E-state index in [9.17, 15) is 0 Å². The number of pyridine rings is 1. The Labute approximate surface area is 60.1 Å². The quantitative estimate of drug-likeness (QED) is 0.572. The molecule has 1 rings (SSSR count). The van der Waals surface area contributed by atoms with Gasteiger partial charge in [-0.1, -0.05) is 12.0 Å². The maximum absolute atomic E-state index is 5.50. The van der Waals surface area contributed by atoms with E-state index in [1.54, 1.807) is 6.20 Å². The normalized spacial score (nSPS) is 12.0. The molecule has 2 nitrogen and oxygen atoms in total. The summed E-state index contributed by atoms with van der Waals surface area (Å²) in [6, 6.07) is 5.12. The minimum Gasteiger partial charge on any atom is -0.313 e. The highest BCUT2D eigenvalue weighted by Crippen LogP contribution is 2.02. The van der Waals surface area contributed by atoms with E-state index in [1.165, 1.54) is 0 Å². The van der Waals surface area contributed by atoms with Gasteiger partial charge in [0.2, 0.25) is 0 Å². The predicted octanol–water partition coefficient (Wildman–Crippen LogP) is 0.715. The summed E-state index contributed by atoms with van der Waals surface area (Å²) in [5.74, 6) is 2.40. The molecule has 0 aromatic carbocycles. The van der Waals surface area contributed by atoms with Crippen LogP contribution in [0.5, 0.6) is 0 Å². The first kappa shape index (κ1) is 6.79. The molecule has 10 heavy (non-hydrogen) atoms. The van der Waals surface area contributed by atoms with Gasteiger partial charge in [-0.15, -0.1) is 6.42 Å². The number of rotatable bonds is 1. The number of nitrogens with zero attached hydrogens (tertiary/aromatic N) is 1. The van der Waals surface area contributed by atoms with Crippen LogP contribution in [0.4, 0.5) is 0 Å². The third kappa shape index (κ3) is 1.34. The molecule has 1 heterocycles. The average molecular weight is 132 g/mol. The fourth-order valence-corrected chi connectivity index (χ4v) is 0.645. The van der Waals surface area contributed by atoms with Gasteiger partial charge in [-0.05, 0) is 12.1 Å². The zero-order chi connectivity index (χ0) is 7.40. The first-order valence-electron chi connectivity index (χ1n) is 2.97. The van der Waals surface area contributed by atoms with E-state index in [1.807, 2.05) is 18.2 Å². The molecule has 0 aliphatic rings. The lowest BCUT2D eigenvalue weighted by Gasteiger charge is -2.00. The predicted molar refractivity (Wildman–Crippen MR) is 40.0 cm³/mol. The molecule has 0 unspecified atom stereocenters. The van der Waals surface area contributed by atoms with Crippen LogP contribution in [-0.2, 0) is 0 Å². The molecule has 0 aliphatic carbocycles. The van der Waals surface area contributed by atoms with Gasteiger partial charge in [0.25, 0.3) is 0 Å². The molecule has 0 fully saturated rings. The SMILES string of the molecule is C#C[C@H](N)c1ccccn1. The van der Waals surface area contributed by atoms with Gasteiger partial charge in [0, 0.05) is 6.20 Å². The van der Waals surface area contributed by atoms with E-state index in [4.69, 9.17) is 12.2 Å². The Morgan fingerprint density at radius 2 is 2.40 bits per heavy atom. The minimum absolute atomic E-state index is 0.374. The monoisotopic (exact) mass is 132 g/mol. The molecule has 1 aromatic heterocycles. The Bertz CT molecular complexity index is 235. The summed E-state index contributed by atoms with van der Waals surface area (Å²) in [6.45, 7) is 0. The van der Waals surface area contributed by atoms with Crippen molar-refractivity contribution in [2.75, 3.05) is 0 Å². The highest BCUT2D eigenvalue weighted by atomic mass is 14.7. The van der Waals surface area contributed by atoms with Gasteiger partial charge in [-0.2, -0.15) is 0 Å². The van der Waals surface area contributed by atoms with Crippen molar-refractivity contribution >= 4 is 0 Å². The van der Waals surface area contributed by atoms with Crippen molar-refractivity contribution in [1.29, 1.82) is 0 Å². The first-order chi connectivity index (χ1) is 4.84. The van der Waals surface area contributed by atoms with Crippen LogP contribution in [0.2, 0.25) is 0 Å². The Hall–Kier alpha value is -1.33. The Kier molecular flexibility index (Phi) is 2.03. The first-order valence-corrected chi connectivity index (χ1v) is 2.97. The van der Waals surface area contributed by atoms with Crippen LogP contribution in [0, 0.1) is 12.3 Å². The number of hydrogen-bond donors (Lipinski definition) is 1. The summed E-state index contributed by atoms with van der Waals surface area (Å²) in [5.41, 5.74) is 6.24. The van der Waals surface area contributed by atoms with Gasteiger partial charge in [-0.25, -0.2) is 0 Å². The van der Waals surface area contributed by atoms with Gasteiger partial charge in [0.1, 0.15) is 6.04 Å². The lowest BCUT2D eigenvalue weighted by molar-refractivity contribution is 0.891. The van der Waals surface area contributed by atoms with Gasteiger partial charge < -0.3 is 5.73 Å². The van der Waals surface area contributed by atoms with Crippen molar-refractivity contribution in [3.8, 4) is 12.3 Å². The molecular weight excluding hydrogens is 124 g/mol. The molecule has 0 bridgehead atoms. The molecule has 0 saturated heterocycles. The van der Waals surface area contributed by atoms with Crippen LogP contribution in [-0.4, -0.2) is 4.98 Å². The number of terminal acetylenes is 1. The van der Waals surface area contributed by atoms with Gasteiger partial charge >= 0.3 is 0 Å². The maximum atomic E-state index is 5.50. The fraction of sp³-hybridized carbons (Fsp3) is 0.125. The van der Waals surface area contributed by atoms with E-state index >= 15 is 0 Å². The summed E-state index contributed by atoms with van der Waals surface area (Å²) >= 11 is 0. The van der Waals surface area contributed by atoms with Crippen LogP contribution in [0.25, 0.3) is 0 Å². The average Bonchev–Trinajstić information content (AvgIpc) is 2.05. The van der Waals surface area contributed by atoms with E-state index in [2.05, 4.69) is 10.9 Å². The third-order valence-electron chi connectivity index (χ3n) is 1.19. The zero-order valence-electron chi connectivity index (χ0n) is 5.49. The molecular formula is C8H8N2. The standard InChI is InChI=1S/C8H8N2/c1-2-7(9)8-5-3-4-6-10-8/h1,3-7H,9H2/t7-/m0/s1. The second kappa shape index (κ2) is 3.00. The Morgan fingerprint density at radius 1 is 1.60 bits per heavy atom. The summed E-state index contributed by atoms with van der Waals surface area (Å²) < 4.78 is 0. The maximum Gasteiger partial charge on any atom is 0.109 e. The molecule has 0 spiro atoms. The van der Waals surface area contributed by atoms with Crippen LogP contribution < -0.4 is 5.73 Å². The number of aromatic nitrogens is 1. The summed E-state index contributed by atoms with van der Waals surface area (Å²) in [6.07, 6.45) is 6.76. The third-order valence-corrected chi connectivity index (χ3v) is 1.19. The van der Waals surface area contributed by atoms with Crippen molar-refractivity contribution < 1.29 is 0 Å². The van der Waals surface area contributed by atoms with Crippen LogP contribution in [0.3, 0.4) is 0 Å². The zero-order valence-corrected chi connectivity index (χ0v) is 5.49. The smallest absolute Gasteiger partial charge is 0.109 e. The van der Waals surface area contributed by atoms with Crippen molar-refractivity contribution in [2.24, 2.45) is 5.73 Å².